The van der Waals surface area contributed by atoms with Gasteiger partial charge in [-0.05, 0) is 31.4 Å². The van der Waals surface area contributed by atoms with Crippen molar-refractivity contribution in [1.29, 1.82) is 0 Å². The molecule has 148 valence electrons. The Hall–Kier alpha value is -2.61. The van der Waals surface area contributed by atoms with Gasteiger partial charge in [0.25, 0.3) is 11.8 Å². The molecule has 1 heterocycles. The first kappa shape index (κ1) is 18.7. The van der Waals surface area contributed by atoms with Gasteiger partial charge in [-0.2, -0.15) is 0 Å². The second-order valence-electron chi connectivity index (χ2n) is 7.44. The number of carbonyl (C=O) groups excluding carboxylic acids is 2. The Morgan fingerprint density at radius 1 is 1.29 bits per heavy atom. The van der Waals surface area contributed by atoms with Crippen LogP contribution >= 0.6 is 11.6 Å². The fourth-order valence-electron chi connectivity index (χ4n) is 4.11. The van der Waals surface area contributed by atoms with Gasteiger partial charge >= 0.3 is 0 Å². The number of ether oxygens (including phenoxy) is 1. The number of aromatic nitrogens is 1. The van der Waals surface area contributed by atoms with Crippen molar-refractivity contribution in [3.8, 4) is 5.75 Å². The molecule has 0 radical (unpaired) electrons. The minimum Gasteiger partial charge on any atom is -0.484 e. The Bertz CT molecular complexity index is 925. The maximum Gasteiger partial charge on any atom is 0.273 e. The van der Waals surface area contributed by atoms with Crippen molar-refractivity contribution in [2.24, 2.45) is 0 Å². The van der Waals surface area contributed by atoms with Crippen LogP contribution in [0.5, 0.6) is 5.75 Å². The molecule has 0 saturated heterocycles. The first-order valence-corrected chi connectivity index (χ1v) is 9.35. The summed E-state index contributed by atoms with van der Waals surface area (Å²) in [5.74, 6) is -0.353. The number of nitrogens with zero attached hydrogens (tertiary/aromatic N) is 1. The summed E-state index contributed by atoms with van der Waals surface area (Å²) >= 11 is 5.61. The Kier molecular flexibility index (Phi) is 4.53. The summed E-state index contributed by atoms with van der Waals surface area (Å²) in [5.41, 5.74) is -0.292. The van der Waals surface area contributed by atoms with Gasteiger partial charge in [-0.15, -0.1) is 0 Å². The van der Waals surface area contributed by atoms with Crippen LogP contribution in [0.25, 0.3) is 0 Å². The molecule has 3 saturated carbocycles. The Balaban J connectivity index is 1.24. The molecule has 2 amide bonds. The lowest BCUT2D eigenvalue weighted by molar-refractivity contribution is -0.141. The number of hydrogen-bond donors (Lipinski definition) is 2. The maximum absolute atomic E-state index is 13.4. The Morgan fingerprint density at radius 3 is 2.68 bits per heavy atom. The summed E-state index contributed by atoms with van der Waals surface area (Å²) in [6.45, 7) is 1.67. The molecular formula is C19H19ClFN3O4. The molecule has 5 rings (SSSR count). The van der Waals surface area contributed by atoms with Crippen LogP contribution in [0.2, 0.25) is 5.02 Å². The first-order valence-electron chi connectivity index (χ1n) is 8.97. The average Bonchev–Trinajstić information content (AvgIpc) is 3.08. The number of halogens is 2. The van der Waals surface area contributed by atoms with Crippen molar-refractivity contribution >= 4 is 23.4 Å². The third-order valence-electron chi connectivity index (χ3n) is 5.25. The minimum atomic E-state index is -0.602. The van der Waals surface area contributed by atoms with Crippen molar-refractivity contribution in [3.63, 3.8) is 0 Å². The molecule has 1 aromatic heterocycles. The SMILES string of the molecule is CCc1ocnc1C(=O)NC12CC(NC(=O)COc3ccc(Cl)c(F)c3)(C1)C2. The topological polar surface area (TPSA) is 93.5 Å². The summed E-state index contributed by atoms with van der Waals surface area (Å²) in [7, 11) is 0. The molecule has 2 N–H and O–H groups in total. The van der Waals surface area contributed by atoms with E-state index in [0.717, 1.165) is 6.07 Å². The molecule has 9 heteroatoms. The summed E-state index contributed by atoms with van der Waals surface area (Å²) in [4.78, 5) is 28.5. The molecular weight excluding hydrogens is 389 g/mol. The molecule has 1 aromatic carbocycles. The zero-order valence-corrected chi connectivity index (χ0v) is 15.9. The zero-order chi connectivity index (χ0) is 19.9. The first-order chi connectivity index (χ1) is 13.3. The van der Waals surface area contributed by atoms with Crippen molar-refractivity contribution in [1.82, 2.24) is 15.6 Å². The molecule has 0 unspecified atom stereocenters. The van der Waals surface area contributed by atoms with E-state index in [1.54, 1.807) is 0 Å². The van der Waals surface area contributed by atoms with Crippen LogP contribution in [0.1, 0.15) is 42.4 Å². The quantitative estimate of drug-likeness (QED) is 0.736. The highest BCUT2D eigenvalue weighted by Crippen LogP contribution is 2.60. The highest BCUT2D eigenvalue weighted by Gasteiger charge is 2.69. The van der Waals surface area contributed by atoms with E-state index in [-0.39, 0.29) is 40.3 Å². The van der Waals surface area contributed by atoms with E-state index in [0.29, 0.717) is 37.1 Å². The second-order valence-corrected chi connectivity index (χ2v) is 7.84. The van der Waals surface area contributed by atoms with Gasteiger partial charge in [-0.3, -0.25) is 9.59 Å². The summed E-state index contributed by atoms with van der Waals surface area (Å²) in [6.07, 6.45) is 3.84. The Labute approximate surface area is 165 Å². The van der Waals surface area contributed by atoms with E-state index in [1.807, 2.05) is 6.92 Å². The number of nitrogens with one attached hydrogen (secondary N) is 2. The van der Waals surface area contributed by atoms with Crippen molar-refractivity contribution in [2.45, 2.75) is 43.7 Å². The largest absolute Gasteiger partial charge is 0.484 e. The van der Waals surface area contributed by atoms with E-state index in [1.165, 1.54) is 18.5 Å². The highest BCUT2D eigenvalue weighted by molar-refractivity contribution is 6.30. The number of hydrogen-bond acceptors (Lipinski definition) is 5. The molecule has 2 aromatic rings. The van der Waals surface area contributed by atoms with Gasteiger partial charge < -0.3 is 19.8 Å². The molecule has 3 fully saturated rings. The normalized spacial score (nSPS) is 24.7. The van der Waals surface area contributed by atoms with E-state index in [2.05, 4.69) is 15.6 Å². The second kappa shape index (κ2) is 6.77. The van der Waals surface area contributed by atoms with Crippen LogP contribution in [0.4, 0.5) is 4.39 Å². The third kappa shape index (κ3) is 3.32. The molecule has 3 aliphatic rings. The number of carbonyl (C=O) groups is 2. The van der Waals surface area contributed by atoms with E-state index in [4.69, 9.17) is 20.8 Å². The number of aryl methyl sites for hydroxylation is 1. The average molecular weight is 408 g/mol. The number of rotatable bonds is 7. The van der Waals surface area contributed by atoms with Gasteiger partial charge in [0.2, 0.25) is 0 Å². The smallest absolute Gasteiger partial charge is 0.273 e. The fraction of sp³-hybridized carbons (Fsp3) is 0.421. The summed E-state index contributed by atoms with van der Waals surface area (Å²) < 4.78 is 23.9. The minimum absolute atomic E-state index is 0.00492. The highest BCUT2D eigenvalue weighted by atomic mass is 35.5. The van der Waals surface area contributed by atoms with Crippen LogP contribution < -0.4 is 15.4 Å². The summed E-state index contributed by atoms with van der Waals surface area (Å²) in [5, 5.41) is 5.94. The van der Waals surface area contributed by atoms with Crippen molar-refractivity contribution < 1.29 is 23.1 Å². The van der Waals surface area contributed by atoms with Crippen molar-refractivity contribution in [3.05, 3.63) is 46.9 Å². The summed E-state index contributed by atoms with van der Waals surface area (Å²) in [6, 6.07) is 4.00. The van der Waals surface area contributed by atoms with E-state index < -0.39 is 5.82 Å². The molecule has 3 aliphatic carbocycles. The maximum atomic E-state index is 13.4. The van der Waals surface area contributed by atoms with Gasteiger partial charge in [-0.25, -0.2) is 9.37 Å². The Morgan fingerprint density at radius 2 is 2.00 bits per heavy atom. The predicted octanol–water partition coefficient (Wildman–Crippen LogP) is 2.63. The van der Waals surface area contributed by atoms with Gasteiger partial charge in [-0.1, -0.05) is 18.5 Å². The molecule has 0 atom stereocenters. The lowest BCUT2D eigenvalue weighted by atomic mass is 9.44. The third-order valence-corrected chi connectivity index (χ3v) is 5.56. The standard InChI is InChI=1S/C19H19ClFN3O4/c1-2-14-16(22-10-28-14)17(26)24-19-7-18(8-19,9-19)23-15(25)6-27-11-3-4-12(20)13(21)5-11/h3-5,10H,2,6-9H2,1H3,(H,23,25)(H,24,26). The van der Waals surface area contributed by atoms with Gasteiger partial charge in [0.1, 0.15) is 17.3 Å². The monoisotopic (exact) mass is 407 g/mol. The van der Waals surface area contributed by atoms with Gasteiger partial charge in [0.05, 0.1) is 5.02 Å². The fourth-order valence-corrected chi connectivity index (χ4v) is 4.22. The van der Waals surface area contributed by atoms with E-state index in [9.17, 15) is 14.0 Å². The zero-order valence-electron chi connectivity index (χ0n) is 15.2. The molecule has 28 heavy (non-hydrogen) atoms. The van der Waals surface area contributed by atoms with Crippen LogP contribution in [0.15, 0.2) is 29.0 Å². The van der Waals surface area contributed by atoms with E-state index >= 15 is 0 Å². The molecule has 7 nitrogen and oxygen atoms in total. The van der Waals surface area contributed by atoms with Crippen LogP contribution in [0, 0.1) is 5.82 Å². The van der Waals surface area contributed by atoms with Crippen LogP contribution in [-0.2, 0) is 11.2 Å². The predicted molar refractivity (Wildman–Crippen MR) is 97.7 cm³/mol. The van der Waals surface area contributed by atoms with Gasteiger partial charge in [0.15, 0.2) is 18.7 Å². The molecule has 0 aliphatic heterocycles. The lowest BCUT2D eigenvalue weighted by Gasteiger charge is -2.70. The number of amides is 2. The number of oxazole rings is 1. The van der Waals surface area contributed by atoms with Crippen molar-refractivity contribution in [2.75, 3.05) is 6.61 Å². The van der Waals surface area contributed by atoms with Crippen LogP contribution in [-0.4, -0.2) is 34.5 Å². The van der Waals surface area contributed by atoms with Gasteiger partial charge in [0, 0.05) is 23.6 Å². The lowest BCUT2D eigenvalue weighted by Crippen LogP contribution is -2.84. The van der Waals surface area contributed by atoms with Crippen LogP contribution in [0.3, 0.4) is 0 Å². The molecule has 0 spiro atoms. The molecule has 2 bridgehead atoms. The number of benzene rings is 1.